The molecular formula is C20H19N3O3. The number of benzene rings is 2. The van der Waals surface area contributed by atoms with Crippen molar-refractivity contribution < 1.29 is 14.6 Å². The summed E-state index contributed by atoms with van der Waals surface area (Å²) >= 11 is 0. The Bertz CT molecular complexity index is 930. The zero-order chi connectivity index (χ0) is 18.5. The van der Waals surface area contributed by atoms with Crippen molar-refractivity contribution in [3.8, 4) is 11.5 Å². The first-order chi connectivity index (χ1) is 12.6. The second-order valence-corrected chi connectivity index (χ2v) is 5.85. The smallest absolute Gasteiger partial charge is 0.269 e. The van der Waals surface area contributed by atoms with Crippen LogP contribution in [0.4, 0.5) is 0 Å². The highest BCUT2D eigenvalue weighted by molar-refractivity contribution is 6.10. The summed E-state index contributed by atoms with van der Waals surface area (Å²) in [5.74, 6) is 0.0899. The number of phenolic OH excluding ortho intramolecular Hbond substituents is 1. The van der Waals surface area contributed by atoms with E-state index < -0.39 is 0 Å². The van der Waals surface area contributed by atoms with Gasteiger partial charge in [-0.2, -0.15) is 5.10 Å². The zero-order valence-electron chi connectivity index (χ0n) is 14.6. The summed E-state index contributed by atoms with van der Waals surface area (Å²) in [5, 5.41) is 13.7. The Kier molecular flexibility index (Phi) is 5.12. The number of aliphatic imine (C=N–C) groups is 1. The first kappa shape index (κ1) is 17.4. The number of rotatable bonds is 5. The van der Waals surface area contributed by atoms with Crippen LogP contribution in [0, 0.1) is 6.92 Å². The largest absolute Gasteiger partial charge is 0.504 e. The Morgan fingerprint density at radius 1 is 1.31 bits per heavy atom. The van der Waals surface area contributed by atoms with Gasteiger partial charge in [-0.25, -0.2) is 5.43 Å². The van der Waals surface area contributed by atoms with E-state index >= 15 is 0 Å². The third-order valence-electron chi connectivity index (χ3n) is 4.06. The Morgan fingerprint density at radius 3 is 2.85 bits per heavy atom. The molecule has 0 spiro atoms. The minimum Gasteiger partial charge on any atom is -0.504 e. The predicted octanol–water partition coefficient (Wildman–Crippen LogP) is 2.94. The summed E-state index contributed by atoms with van der Waals surface area (Å²) in [4.78, 5) is 16.6. The second-order valence-electron chi connectivity index (χ2n) is 5.85. The van der Waals surface area contributed by atoms with Gasteiger partial charge in [-0.05, 0) is 41.8 Å². The van der Waals surface area contributed by atoms with Gasteiger partial charge in [0.1, 0.15) is 0 Å². The van der Waals surface area contributed by atoms with Crippen LogP contribution in [0.3, 0.4) is 0 Å². The molecule has 6 heteroatoms. The van der Waals surface area contributed by atoms with Crippen LogP contribution < -0.4 is 10.2 Å². The molecule has 2 N–H and O–H groups in total. The molecule has 0 aliphatic carbocycles. The van der Waals surface area contributed by atoms with Crippen LogP contribution in [0.5, 0.6) is 11.5 Å². The Hall–Kier alpha value is -3.41. The van der Waals surface area contributed by atoms with E-state index in [0.717, 1.165) is 16.8 Å². The number of hydrogen-bond donors (Lipinski definition) is 2. The lowest BCUT2D eigenvalue weighted by Gasteiger charge is -2.06. The van der Waals surface area contributed by atoms with Crippen molar-refractivity contribution in [2.24, 2.45) is 10.1 Å². The lowest BCUT2D eigenvalue weighted by atomic mass is 10.0. The fourth-order valence-electron chi connectivity index (χ4n) is 2.65. The molecule has 0 saturated carbocycles. The molecule has 1 aliphatic rings. The lowest BCUT2D eigenvalue weighted by Crippen LogP contribution is -2.20. The quantitative estimate of drug-likeness (QED) is 0.643. The fraction of sp³-hybridized carbons (Fsp3) is 0.150. The SMILES string of the molecule is COc1ccc(/C=N/NC(=O)C2=CN=C(c3ccccc3C)C2)cc1O. The van der Waals surface area contributed by atoms with Crippen LogP contribution in [0.15, 0.2) is 64.3 Å². The molecule has 1 aliphatic heterocycles. The number of hydrazone groups is 1. The van der Waals surface area contributed by atoms with Crippen molar-refractivity contribution >= 4 is 17.8 Å². The summed E-state index contributed by atoms with van der Waals surface area (Å²) in [6, 6.07) is 12.8. The van der Waals surface area contributed by atoms with Gasteiger partial charge >= 0.3 is 0 Å². The molecule has 1 amide bonds. The molecular weight excluding hydrogens is 330 g/mol. The minimum absolute atomic E-state index is 0.0116. The first-order valence-corrected chi connectivity index (χ1v) is 8.10. The highest BCUT2D eigenvalue weighted by Crippen LogP contribution is 2.25. The topological polar surface area (TPSA) is 83.3 Å². The van der Waals surface area contributed by atoms with E-state index in [2.05, 4.69) is 15.5 Å². The number of nitrogens with one attached hydrogen (secondary N) is 1. The number of nitrogens with zero attached hydrogens (tertiary/aromatic N) is 2. The van der Waals surface area contributed by atoms with Crippen LogP contribution in [0.2, 0.25) is 0 Å². The van der Waals surface area contributed by atoms with Crippen LogP contribution in [-0.2, 0) is 4.79 Å². The van der Waals surface area contributed by atoms with Crippen molar-refractivity contribution in [3.05, 3.63) is 70.9 Å². The lowest BCUT2D eigenvalue weighted by molar-refractivity contribution is -0.117. The van der Waals surface area contributed by atoms with Crippen LogP contribution >= 0.6 is 0 Å². The third-order valence-corrected chi connectivity index (χ3v) is 4.06. The Labute approximate surface area is 151 Å². The van der Waals surface area contributed by atoms with Gasteiger partial charge in [-0.3, -0.25) is 9.79 Å². The van der Waals surface area contributed by atoms with E-state index in [0.29, 0.717) is 23.3 Å². The number of methoxy groups -OCH3 is 1. The molecule has 0 bridgehead atoms. The molecule has 2 aromatic rings. The molecule has 2 aromatic carbocycles. The van der Waals surface area contributed by atoms with Crippen LogP contribution in [-0.4, -0.2) is 30.0 Å². The average molecular weight is 349 g/mol. The van der Waals surface area contributed by atoms with Crippen LogP contribution in [0.25, 0.3) is 0 Å². The normalized spacial score (nSPS) is 13.5. The van der Waals surface area contributed by atoms with Crippen molar-refractivity contribution in [3.63, 3.8) is 0 Å². The maximum Gasteiger partial charge on any atom is 0.269 e. The highest BCUT2D eigenvalue weighted by Gasteiger charge is 2.18. The summed E-state index contributed by atoms with van der Waals surface area (Å²) in [6.45, 7) is 2.02. The summed E-state index contributed by atoms with van der Waals surface area (Å²) < 4.78 is 4.98. The molecule has 0 radical (unpaired) electrons. The molecule has 0 unspecified atom stereocenters. The van der Waals surface area contributed by atoms with Gasteiger partial charge in [0.25, 0.3) is 5.91 Å². The summed E-state index contributed by atoms with van der Waals surface area (Å²) in [5.41, 5.74) is 6.72. The van der Waals surface area contributed by atoms with Crippen molar-refractivity contribution in [1.29, 1.82) is 0 Å². The van der Waals surface area contributed by atoms with Gasteiger partial charge in [0, 0.05) is 18.2 Å². The monoisotopic (exact) mass is 349 g/mol. The number of hydrogen-bond acceptors (Lipinski definition) is 5. The molecule has 132 valence electrons. The van der Waals surface area contributed by atoms with E-state index in [1.807, 2.05) is 31.2 Å². The van der Waals surface area contributed by atoms with Crippen LogP contribution in [0.1, 0.15) is 23.1 Å². The molecule has 3 rings (SSSR count). The standard InChI is InChI=1S/C20H19N3O3/c1-13-5-3-4-6-16(13)17-10-15(12-21-17)20(25)23-22-11-14-7-8-19(26-2)18(24)9-14/h3-9,11-12,24H,10H2,1-2H3,(H,23,25)/b22-11+. The Balaban J connectivity index is 1.58. The van der Waals surface area contributed by atoms with Gasteiger partial charge < -0.3 is 9.84 Å². The fourth-order valence-corrected chi connectivity index (χ4v) is 2.65. The molecule has 0 atom stereocenters. The van der Waals surface area contributed by atoms with Crippen molar-refractivity contribution in [2.75, 3.05) is 7.11 Å². The third kappa shape index (κ3) is 3.80. The van der Waals surface area contributed by atoms with E-state index in [4.69, 9.17) is 4.74 Å². The molecule has 0 fully saturated rings. The van der Waals surface area contributed by atoms with Gasteiger partial charge in [0.05, 0.1) is 19.0 Å². The maximum atomic E-state index is 12.2. The van der Waals surface area contributed by atoms with E-state index in [1.165, 1.54) is 19.4 Å². The highest BCUT2D eigenvalue weighted by atomic mass is 16.5. The molecule has 1 heterocycles. The second kappa shape index (κ2) is 7.65. The number of ether oxygens (including phenoxy) is 1. The van der Waals surface area contributed by atoms with Gasteiger partial charge in [-0.15, -0.1) is 0 Å². The number of aryl methyl sites for hydroxylation is 1. The van der Waals surface area contributed by atoms with Crippen molar-refractivity contribution in [1.82, 2.24) is 5.43 Å². The Morgan fingerprint density at radius 2 is 2.12 bits per heavy atom. The van der Waals surface area contributed by atoms with E-state index in [1.54, 1.807) is 18.3 Å². The maximum absolute atomic E-state index is 12.2. The number of carbonyl (C=O) groups excluding carboxylic acids is 1. The molecule has 0 aromatic heterocycles. The molecule has 6 nitrogen and oxygen atoms in total. The summed E-state index contributed by atoms with van der Waals surface area (Å²) in [7, 11) is 1.48. The molecule has 26 heavy (non-hydrogen) atoms. The van der Waals surface area contributed by atoms with Gasteiger partial charge in [-0.1, -0.05) is 24.3 Å². The van der Waals surface area contributed by atoms with Gasteiger partial charge in [0.2, 0.25) is 0 Å². The predicted molar refractivity (Wildman–Crippen MR) is 101 cm³/mol. The summed E-state index contributed by atoms with van der Waals surface area (Å²) in [6.07, 6.45) is 3.50. The minimum atomic E-state index is -0.300. The van der Waals surface area contributed by atoms with E-state index in [-0.39, 0.29) is 11.7 Å². The van der Waals surface area contributed by atoms with Crippen molar-refractivity contribution in [2.45, 2.75) is 13.3 Å². The number of amides is 1. The first-order valence-electron chi connectivity index (χ1n) is 8.10. The number of carbonyl (C=O) groups is 1. The number of aromatic hydroxyl groups is 1. The molecule has 0 saturated heterocycles. The van der Waals surface area contributed by atoms with Gasteiger partial charge in [0.15, 0.2) is 11.5 Å². The van der Waals surface area contributed by atoms with E-state index in [9.17, 15) is 9.90 Å². The average Bonchev–Trinajstić information content (AvgIpc) is 3.12. The zero-order valence-corrected chi connectivity index (χ0v) is 14.6. The number of phenols is 1.